The van der Waals surface area contributed by atoms with Crippen molar-refractivity contribution >= 4 is 11.9 Å². The summed E-state index contributed by atoms with van der Waals surface area (Å²) in [5.74, 6) is -3.39. The van der Waals surface area contributed by atoms with Gasteiger partial charge in [-0.1, -0.05) is 88.8 Å². The highest BCUT2D eigenvalue weighted by molar-refractivity contribution is 5.87. The van der Waals surface area contributed by atoms with E-state index >= 15 is 0 Å². The molecule has 6 heterocycles. The number of carboxylic acids is 1. The van der Waals surface area contributed by atoms with Crippen LogP contribution in [0, 0.1) is 23.7 Å². The van der Waals surface area contributed by atoms with Crippen LogP contribution in [0.25, 0.3) is 0 Å². The Hall–Kier alpha value is -3.62. The molecule has 7 aliphatic rings. The topological polar surface area (TPSA) is 199 Å². The zero-order valence-corrected chi connectivity index (χ0v) is 44.0. The van der Waals surface area contributed by atoms with Gasteiger partial charge in [0, 0.05) is 51.7 Å². The van der Waals surface area contributed by atoms with Crippen molar-refractivity contribution in [1.82, 2.24) is 5.32 Å². The Morgan fingerprint density at radius 3 is 2.26 bits per heavy atom. The first-order chi connectivity index (χ1) is 34.3. The average molecular weight is 1010 g/mol. The third kappa shape index (κ3) is 12.4. The van der Waals surface area contributed by atoms with Gasteiger partial charge in [0.2, 0.25) is 0 Å². The maximum atomic E-state index is 14.4. The molecule has 1 aromatic carbocycles. The summed E-state index contributed by atoms with van der Waals surface area (Å²) in [6, 6.07) is 8.34. The molecule has 6 aliphatic heterocycles. The lowest BCUT2D eigenvalue weighted by Crippen LogP contribution is -2.58. The number of carbonyl (C=O) groups is 2. The van der Waals surface area contributed by atoms with Crippen LogP contribution in [0.3, 0.4) is 0 Å². The third-order valence-corrected chi connectivity index (χ3v) is 15.9. The van der Waals surface area contributed by atoms with E-state index < -0.39 is 72.3 Å². The number of benzene rings is 1. The number of methoxy groups -OCH3 is 2. The Morgan fingerprint density at radius 1 is 0.903 bits per heavy atom. The van der Waals surface area contributed by atoms with Crippen molar-refractivity contribution in [2.75, 3.05) is 27.9 Å². The predicted molar refractivity (Wildman–Crippen MR) is 268 cm³/mol. The third-order valence-electron chi connectivity index (χ3n) is 15.9. The molecule has 16 heteroatoms. The van der Waals surface area contributed by atoms with E-state index in [-0.39, 0.29) is 67.0 Å². The molecular weight excluding hydrogens is 927 g/mol. The quantitative estimate of drug-likeness (QED) is 0.138. The number of esters is 1. The van der Waals surface area contributed by atoms with E-state index in [0.29, 0.717) is 48.8 Å². The molecule has 0 saturated carbocycles. The number of hydrogen-bond acceptors (Lipinski definition) is 15. The minimum Gasteiger partial charge on any atom is -0.478 e. The largest absolute Gasteiger partial charge is 0.478 e. The number of fused-ring (bicyclic) bond motifs is 2. The van der Waals surface area contributed by atoms with E-state index in [0.717, 1.165) is 12.0 Å². The van der Waals surface area contributed by atoms with Gasteiger partial charge in [-0.3, -0.25) is 4.79 Å². The van der Waals surface area contributed by atoms with E-state index in [1.165, 1.54) is 0 Å². The summed E-state index contributed by atoms with van der Waals surface area (Å²) < 4.78 is 64.6. The summed E-state index contributed by atoms with van der Waals surface area (Å²) in [6.07, 6.45) is 10.7. The number of nitrogens with one attached hydrogen (secondary N) is 1. The van der Waals surface area contributed by atoms with Gasteiger partial charge in [0.1, 0.15) is 35.9 Å². The van der Waals surface area contributed by atoms with E-state index in [9.17, 15) is 19.8 Å². The highest BCUT2D eigenvalue weighted by atomic mass is 16.7. The van der Waals surface area contributed by atoms with E-state index in [1.54, 1.807) is 63.6 Å². The molecule has 0 amide bonds. The van der Waals surface area contributed by atoms with Crippen LogP contribution in [-0.2, 0) is 52.2 Å². The van der Waals surface area contributed by atoms with Gasteiger partial charge in [0.15, 0.2) is 18.4 Å². The Balaban J connectivity index is 0.000000761. The van der Waals surface area contributed by atoms with E-state index in [2.05, 4.69) is 52.1 Å². The van der Waals surface area contributed by atoms with Crippen LogP contribution < -0.4 is 5.32 Å². The van der Waals surface area contributed by atoms with Crippen molar-refractivity contribution in [1.29, 1.82) is 0 Å². The van der Waals surface area contributed by atoms with Crippen molar-refractivity contribution in [2.45, 2.75) is 191 Å². The van der Waals surface area contributed by atoms with Crippen LogP contribution in [-0.4, -0.2) is 152 Å². The molecule has 4 N–H and O–H groups in total. The Bertz CT molecular complexity index is 2140. The van der Waals surface area contributed by atoms with Crippen molar-refractivity contribution in [2.24, 2.45) is 23.7 Å². The second-order valence-corrected chi connectivity index (χ2v) is 21.0. The standard InChI is InChI=1S/C49H75NO13.C7H6O2/c1-12-26(2)44-29(5)18-19-48(63-44)24-35-21-34(62-48)17-16-28(4)43(27(3)14-13-15-33-25-56-46-42(51)30(6)20-36(47(52)59-35)49(33,46)53)60-40-23-38(55-11)45(32(8)58-40)61-39-22-37(54-10)41(50-9)31(7)57-39;8-7(9)6-4-2-1-3-5-6/h13-16,18-20,26-27,29,31-32,34-46,50-51,53H,12,17,21-25H2,1-11H3;1-5H,(H,8,9)/b14-13+,28-16+,33-15?;/t26-,27-,29-,31-,32-,34+,35-,36-,37-,38-,39-,40-,41-,42+,43-,44+,45-,46+,48+,49+;/m0./s1. The summed E-state index contributed by atoms with van der Waals surface area (Å²) >= 11 is 0. The number of carboxylic acid groups (broad SMARTS) is 1. The highest BCUT2D eigenvalue weighted by Gasteiger charge is 2.60. The lowest BCUT2D eigenvalue weighted by Gasteiger charge is -2.48. The molecule has 1 aliphatic carbocycles. The lowest BCUT2D eigenvalue weighted by molar-refractivity contribution is -0.312. The van der Waals surface area contributed by atoms with Crippen LogP contribution in [0.4, 0.5) is 0 Å². The minimum atomic E-state index is -1.83. The van der Waals surface area contributed by atoms with E-state index in [4.69, 9.17) is 52.5 Å². The monoisotopic (exact) mass is 1010 g/mol. The molecule has 0 aromatic heterocycles. The molecule has 4 saturated heterocycles. The fourth-order valence-corrected chi connectivity index (χ4v) is 11.6. The number of ether oxygens (including phenoxy) is 10. The summed E-state index contributed by atoms with van der Waals surface area (Å²) in [5, 5.41) is 35.4. The average Bonchev–Trinajstić information content (AvgIpc) is 3.70. The zero-order chi connectivity index (χ0) is 52.1. The first kappa shape index (κ1) is 56.1. The number of rotatable bonds is 10. The Morgan fingerprint density at radius 2 is 1.60 bits per heavy atom. The summed E-state index contributed by atoms with van der Waals surface area (Å²) in [6.45, 7) is 16.4. The van der Waals surface area contributed by atoms with Gasteiger partial charge in [-0.15, -0.1) is 0 Å². The molecule has 1 spiro atoms. The van der Waals surface area contributed by atoms with Gasteiger partial charge in [-0.25, -0.2) is 4.79 Å². The Labute approximate surface area is 426 Å². The summed E-state index contributed by atoms with van der Waals surface area (Å²) in [7, 11) is 5.30. The highest BCUT2D eigenvalue weighted by Crippen LogP contribution is 2.47. The van der Waals surface area contributed by atoms with Crippen molar-refractivity contribution < 1.29 is 72.3 Å². The van der Waals surface area contributed by atoms with Gasteiger partial charge in [0.25, 0.3) is 0 Å². The molecule has 400 valence electrons. The molecule has 72 heavy (non-hydrogen) atoms. The van der Waals surface area contributed by atoms with Crippen LogP contribution in [0.1, 0.15) is 104 Å². The number of allylic oxidation sites excluding steroid dienone is 2. The molecule has 8 rings (SSSR count). The van der Waals surface area contributed by atoms with Crippen LogP contribution in [0.15, 0.2) is 89.6 Å². The predicted octanol–water partition coefficient (Wildman–Crippen LogP) is 6.99. The Kier molecular flexibility index (Phi) is 19.0. The van der Waals surface area contributed by atoms with Gasteiger partial charge in [-0.05, 0) is 82.0 Å². The fraction of sp³-hybridized carbons (Fsp3) is 0.679. The molecule has 1 aromatic rings. The van der Waals surface area contributed by atoms with Gasteiger partial charge < -0.3 is 68.0 Å². The summed E-state index contributed by atoms with van der Waals surface area (Å²) in [4.78, 5) is 24.6. The SMILES string of the molecule is CC[C@H](C)[C@H]1O[C@]2(C=C[C@@H]1C)C[C@@H]1C[C@@H](C/C=C(\C)[C@@H](O[C@H]3C[C@H](OC)[C@@H](O[C@H]4C[C@H](OC)[C@@H](NC)[C@H](C)O4)[C@H](C)O3)[C@@H](C)/C=C/C=C3CO[C@@H]4[C@H](O)C(C)=C[C@@H](C(=O)O1)[C@]34O)O2.O=C(O)c1ccccc1. The second kappa shape index (κ2) is 24.4. The maximum Gasteiger partial charge on any atom is 0.335 e. The fourth-order valence-electron chi connectivity index (χ4n) is 11.6. The number of carbonyl (C=O) groups excluding carboxylic acids is 1. The first-order valence-corrected chi connectivity index (χ1v) is 26.0. The lowest BCUT2D eigenvalue weighted by atomic mass is 9.71. The van der Waals surface area contributed by atoms with Gasteiger partial charge in [-0.2, -0.15) is 0 Å². The number of likely N-dealkylation sites (N-methyl/N-ethyl adjacent to an activating group) is 1. The molecule has 0 unspecified atom stereocenters. The molecule has 0 radical (unpaired) electrons. The summed E-state index contributed by atoms with van der Waals surface area (Å²) in [5.41, 5.74) is 0.511. The molecule has 20 atom stereocenters. The molecule has 16 nitrogen and oxygen atoms in total. The molecule has 4 fully saturated rings. The smallest absolute Gasteiger partial charge is 0.335 e. The van der Waals surface area contributed by atoms with Crippen molar-refractivity contribution in [3.05, 3.63) is 95.1 Å². The molecule has 2 bridgehead atoms. The van der Waals surface area contributed by atoms with Crippen LogP contribution in [0.2, 0.25) is 0 Å². The van der Waals surface area contributed by atoms with Crippen molar-refractivity contribution in [3.63, 3.8) is 0 Å². The normalized spacial score (nSPS) is 42.9. The van der Waals surface area contributed by atoms with Crippen LogP contribution >= 0.6 is 0 Å². The van der Waals surface area contributed by atoms with Gasteiger partial charge in [0.05, 0.1) is 60.9 Å². The van der Waals surface area contributed by atoms with Crippen LogP contribution in [0.5, 0.6) is 0 Å². The number of aromatic carboxylic acids is 1. The van der Waals surface area contributed by atoms with Crippen molar-refractivity contribution in [3.8, 4) is 0 Å². The number of aliphatic hydroxyl groups excluding tert-OH is 1. The van der Waals surface area contributed by atoms with Gasteiger partial charge >= 0.3 is 11.9 Å². The zero-order valence-electron chi connectivity index (χ0n) is 44.0. The minimum absolute atomic E-state index is 0.0411. The number of hydrogen-bond donors (Lipinski definition) is 4. The maximum absolute atomic E-state index is 14.4. The molecular formula is C56H81NO15. The second-order valence-electron chi connectivity index (χ2n) is 21.0. The first-order valence-electron chi connectivity index (χ1n) is 26.0. The van der Waals surface area contributed by atoms with E-state index in [1.807, 2.05) is 39.1 Å². The number of aliphatic hydroxyl groups is 2.